The number of hydrogen-bond donors (Lipinski definition) is 0. The van der Waals surface area contributed by atoms with Crippen LogP contribution in [0.3, 0.4) is 0 Å². The maximum atomic E-state index is 11.8. The summed E-state index contributed by atoms with van der Waals surface area (Å²) >= 11 is 0.385. The molecule has 3 heteroatoms. The van der Waals surface area contributed by atoms with Gasteiger partial charge in [-0.3, -0.25) is 0 Å². The van der Waals surface area contributed by atoms with E-state index in [0.29, 0.717) is 27.0 Å². The molecule has 0 aromatic heterocycles. The van der Waals surface area contributed by atoms with Crippen molar-refractivity contribution >= 4 is 5.78 Å². The van der Waals surface area contributed by atoms with Crippen LogP contribution < -0.4 is 25.9 Å². The predicted octanol–water partition coefficient (Wildman–Crippen LogP) is -0.482. The summed E-state index contributed by atoms with van der Waals surface area (Å²) in [5.74, 6) is 1.13. The van der Waals surface area contributed by atoms with Gasteiger partial charge in [0.2, 0.25) is 0 Å². The van der Waals surface area contributed by atoms with E-state index in [-0.39, 0.29) is 6.10 Å². The van der Waals surface area contributed by atoms with E-state index in [2.05, 4.69) is 0 Å². The van der Waals surface area contributed by atoms with Gasteiger partial charge in [0.05, 0.1) is 0 Å². The molecule has 1 saturated heterocycles. The number of rotatable bonds is 5. The van der Waals surface area contributed by atoms with Gasteiger partial charge < -0.3 is 0 Å². The third-order valence-electron chi connectivity index (χ3n) is 2.33. The summed E-state index contributed by atoms with van der Waals surface area (Å²) in [7, 11) is 0. The number of Topliss-reactive ketones (excluding diaryl/α,β-unsaturated/α-hetero) is 1. The summed E-state index contributed by atoms with van der Waals surface area (Å²) in [5.41, 5.74) is 0.826. The molecule has 0 amide bonds. The second kappa shape index (κ2) is 5.17. The van der Waals surface area contributed by atoms with Gasteiger partial charge in [-0.05, 0) is 0 Å². The Morgan fingerprint density at radius 3 is 2.56 bits per heavy atom. The molecule has 2 nitrogen and oxygen atoms in total. The molecule has 1 aromatic carbocycles. The summed E-state index contributed by atoms with van der Waals surface area (Å²) in [4.78, 5) is 11.8. The number of carbonyl (C=O) groups excluding carboxylic acids is 1. The van der Waals surface area contributed by atoms with E-state index in [9.17, 15) is 4.79 Å². The Morgan fingerprint density at radius 2 is 2.06 bits per heavy atom. The molecular formula is C13H16IO2-. The van der Waals surface area contributed by atoms with Crippen molar-refractivity contribution in [2.75, 3.05) is 4.43 Å². The van der Waals surface area contributed by atoms with Crippen molar-refractivity contribution in [1.82, 2.24) is 0 Å². The number of benzene rings is 1. The predicted molar refractivity (Wildman–Crippen MR) is 59.8 cm³/mol. The van der Waals surface area contributed by atoms with Crippen molar-refractivity contribution < 1.29 is 30.7 Å². The first-order chi connectivity index (χ1) is 7.65. The fourth-order valence-corrected chi connectivity index (χ4v) is 2.87. The molecule has 1 aliphatic heterocycles. The van der Waals surface area contributed by atoms with Crippen LogP contribution >= 0.6 is 0 Å². The van der Waals surface area contributed by atoms with Crippen molar-refractivity contribution in [1.29, 1.82) is 0 Å². The monoisotopic (exact) mass is 331 g/mol. The number of halogens is 1. The molecule has 1 heterocycles. The van der Waals surface area contributed by atoms with Gasteiger partial charge in [0.25, 0.3) is 0 Å². The standard InChI is InChI=1S/C13H16IO2/c1-9(2)16-12-5-3-10(4-6-12)13(15)7-11-8-14-11/h3-6,9,11H,7-8H2,1-2H3/q-1. The zero-order valence-electron chi connectivity index (χ0n) is 9.57. The molecule has 1 fully saturated rings. The zero-order chi connectivity index (χ0) is 11.5. The third-order valence-corrected chi connectivity index (χ3v) is 4.89. The van der Waals surface area contributed by atoms with Crippen LogP contribution in [0.4, 0.5) is 0 Å². The molecule has 1 unspecified atom stereocenters. The van der Waals surface area contributed by atoms with Crippen LogP contribution in [0.2, 0.25) is 0 Å². The number of hydrogen-bond acceptors (Lipinski definition) is 2. The van der Waals surface area contributed by atoms with E-state index in [1.165, 1.54) is 4.43 Å². The van der Waals surface area contributed by atoms with Gasteiger partial charge in [-0.15, -0.1) is 0 Å². The molecule has 0 N–H and O–H groups in total. The Labute approximate surface area is 107 Å². The number of ether oxygens (including phenoxy) is 1. The van der Waals surface area contributed by atoms with Crippen LogP contribution in [-0.2, 0) is 0 Å². The van der Waals surface area contributed by atoms with Crippen LogP contribution in [0, 0.1) is 0 Å². The molecule has 88 valence electrons. The second-order valence-electron chi connectivity index (χ2n) is 4.22. The molecule has 0 spiro atoms. The van der Waals surface area contributed by atoms with E-state index in [4.69, 9.17) is 4.74 Å². The van der Waals surface area contributed by atoms with Crippen molar-refractivity contribution in [2.45, 2.75) is 30.3 Å². The fourth-order valence-electron chi connectivity index (χ4n) is 1.48. The van der Waals surface area contributed by atoms with Gasteiger partial charge in [-0.1, -0.05) is 0 Å². The van der Waals surface area contributed by atoms with Crippen LogP contribution in [0.5, 0.6) is 5.75 Å². The van der Waals surface area contributed by atoms with Gasteiger partial charge in [-0.25, -0.2) is 0 Å². The normalized spacial score (nSPS) is 19.1. The SMILES string of the molecule is CC(C)Oc1ccc(C(=O)CC2C[I-]2)cc1. The molecule has 16 heavy (non-hydrogen) atoms. The van der Waals surface area contributed by atoms with E-state index in [0.717, 1.165) is 21.7 Å². The van der Waals surface area contributed by atoms with Crippen molar-refractivity contribution in [3.8, 4) is 5.75 Å². The van der Waals surface area contributed by atoms with Gasteiger partial charge in [0.1, 0.15) is 0 Å². The van der Waals surface area contributed by atoms with Crippen LogP contribution in [-0.4, -0.2) is 20.2 Å². The average Bonchev–Trinajstić information content (AvgIpc) is 3.01. The molecule has 0 aliphatic carbocycles. The molecule has 1 atom stereocenters. The zero-order valence-corrected chi connectivity index (χ0v) is 11.7. The summed E-state index contributed by atoms with van der Waals surface area (Å²) in [5, 5.41) is 0. The van der Waals surface area contributed by atoms with Crippen molar-refractivity contribution in [3.05, 3.63) is 29.8 Å². The second-order valence-corrected chi connectivity index (χ2v) is 7.75. The van der Waals surface area contributed by atoms with Crippen LogP contribution in [0.1, 0.15) is 30.6 Å². The quantitative estimate of drug-likeness (QED) is 0.414. The summed E-state index contributed by atoms with van der Waals surface area (Å²) in [6.45, 7) is 3.99. The summed E-state index contributed by atoms with van der Waals surface area (Å²) in [6, 6.07) is 7.52. The van der Waals surface area contributed by atoms with Crippen molar-refractivity contribution in [2.24, 2.45) is 0 Å². The molecule has 0 saturated carbocycles. The Hall–Kier alpha value is -0.580. The molecule has 1 aromatic rings. The van der Waals surface area contributed by atoms with Crippen LogP contribution in [0.25, 0.3) is 0 Å². The first-order valence-corrected chi connectivity index (χ1v) is 8.30. The van der Waals surface area contributed by atoms with Crippen LogP contribution in [0.15, 0.2) is 24.3 Å². The van der Waals surface area contributed by atoms with E-state index < -0.39 is 0 Å². The Bertz CT molecular complexity index is 366. The minimum atomic E-state index is 0.178. The summed E-state index contributed by atoms with van der Waals surface area (Å²) < 4.78 is 7.63. The van der Waals surface area contributed by atoms with Gasteiger partial charge >= 0.3 is 107 Å². The number of ketones is 1. The van der Waals surface area contributed by atoms with E-state index >= 15 is 0 Å². The molecule has 1 aliphatic rings. The van der Waals surface area contributed by atoms with E-state index in [1.54, 1.807) is 0 Å². The average molecular weight is 331 g/mol. The first-order valence-electron chi connectivity index (χ1n) is 5.53. The maximum absolute atomic E-state index is 11.8. The summed E-state index contributed by atoms with van der Waals surface area (Å²) in [6.07, 6.45) is 0.940. The van der Waals surface area contributed by atoms with Crippen molar-refractivity contribution in [3.63, 3.8) is 0 Å². The Kier molecular flexibility index (Phi) is 3.84. The third kappa shape index (κ3) is 3.47. The Morgan fingerprint density at radius 1 is 1.44 bits per heavy atom. The van der Waals surface area contributed by atoms with E-state index in [1.807, 2.05) is 38.1 Å². The molecular weight excluding hydrogens is 315 g/mol. The minimum absolute atomic E-state index is 0.178. The van der Waals surface area contributed by atoms with Gasteiger partial charge in [0.15, 0.2) is 0 Å². The fraction of sp³-hybridized carbons (Fsp3) is 0.462. The Balaban J connectivity index is 1.97. The molecule has 2 rings (SSSR count). The number of carbonyl (C=O) groups is 1. The molecule has 0 bridgehead atoms. The number of alkyl halides is 2. The molecule has 0 radical (unpaired) electrons. The van der Waals surface area contributed by atoms with Gasteiger partial charge in [0, 0.05) is 0 Å². The van der Waals surface area contributed by atoms with Gasteiger partial charge in [-0.2, -0.15) is 0 Å². The first kappa shape index (κ1) is 11.9. The topological polar surface area (TPSA) is 26.3 Å².